The molecule has 1 aliphatic heterocycles. The van der Waals surface area contributed by atoms with Crippen LogP contribution in [0.5, 0.6) is 0 Å². The van der Waals surface area contributed by atoms with Crippen LogP contribution in [0.2, 0.25) is 0 Å². The first-order valence-corrected chi connectivity index (χ1v) is 9.44. The molecule has 0 saturated heterocycles. The second-order valence-corrected chi connectivity index (χ2v) is 7.47. The van der Waals surface area contributed by atoms with Crippen LogP contribution < -0.4 is 5.32 Å². The Bertz CT molecular complexity index is 890. The average molecular weight is 368 g/mol. The van der Waals surface area contributed by atoms with E-state index in [9.17, 15) is 4.79 Å². The van der Waals surface area contributed by atoms with Gasteiger partial charge in [-0.2, -0.15) is 5.10 Å². The predicted octanol–water partition coefficient (Wildman–Crippen LogP) is 2.43. The molecule has 0 aliphatic carbocycles. The molecule has 3 aromatic heterocycles. The minimum Gasteiger partial charge on any atom is -0.370 e. The number of nitrogens with one attached hydrogen (secondary N) is 1. The lowest BCUT2D eigenvalue weighted by Gasteiger charge is -2.23. The summed E-state index contributed by atoms with van der Waals surface area (Å²) in [4.78, 5) is 23.5. The number of carbonyl (C=O) groups is 1. The molecule has 4 rings (SSSR count). The number of hydrogen-bond donors (Lipinski definition) is 1. The minimum atomic E-state index is -0.0214. The van der Waals surface area contributed by atoms with Crippen molar-refractivity contribution in [2.24, 2.45) is 5.92 Å². The normalized spacial score (nSPS) is 16.8. The zero-order valence-electron chi connectivity index (χ0n) is 14.5. The van der Waals surface area contributed by atoms with Gasteiger partial charge in [0.1, 0.15) is 11.5 Å². The molecule has 1 amide bonds. The molecular formula is C18H20N6OS. The van der Waals surface area contributed by atoms with Crippen LogP contribution in [0.15, 0.2) is 42.0 Å². The Morgan fingerprint density at radius 2 is 2.23 bits per heavy atom. The molecule has 0 fully saturated rings. The Morgan fingerprint density at radius 1 is 1.31 bits per heavy atom. The molecule has 0 spiro atoms. The first-order valence-electron chi connectivity index (χ1n) is 8.56. The predicted molar refractivity (Wildman–Crippen MR) is 100 cm³/mol. The van der Waals surface area contributed by atoms with Crippen LogP contribution >= 0.6 is 11.3 Å². The van der Waals surface area contributed by atoms with Gasteiger partial charge in [0.05, 0.1) is 17.2 Å². The third-order valence-corrected chi connectivity index (χ3v) is 5.20. The highest BCUT2D eigenvalue weighted by Gasteiger charge is 2.27. The van der Waals surface area contributed by atoms with E-state index in [0.717, 1.165) is 29.6 Å². The van der Waals surface area contributed by atoms with E-state index in [1.54, 1.807) is 12.4 Å². The van der Waals surface area contributed by atoms with E-state index in [1.165, 1.54) is 11.3 Å². The van der Waals surface area contributed by atoms with E-state index in [4.69, 9.17) is 0 Å². The fourth-order valence-electron chi connectivity index (χ4n) is 3.16. The molecule has 0 aromatic carbocycles. The van der Waals surface area contributed by atoms with Crippen LogP contribution in [0.1, 0.15) is 21.2 Å². The molecule has 0 radical (unpaired) electrons. The second kappa shape index (κ2) is 7.25. The van der Waals surface area contributed by atoms with Crippen molar-refractivity contribution in [3.63, 3.8) is 0 Å². The van der Waals surface area contributed by atoms with Gasteiger partial charge in [-0.1, -0.05) is 6.07 Å². The van der Waals surface area contributed by atoms with Gasteiger partial charge in [-0.3, -0.25) is 9.48 Å². The molecule has 3 aromatic rings. The van der Waals surface area contributed by atoms with Crippen LogP contribution in [0.4, 0.5) is 5.82 Å². The highest BCUT2D eigenvalue weighted by molar-refractivity contribution is 7.09. The number of nitrogens with zero attached hydrogens (tertiary/aromatic N) is 5. The van der Waals surface area contributed by atoms with Gasteiger partial charge in [-0.05, 0) is 25.1 Å². The number of hydrogen-bond acceptors (Lipinski definition) is 6. The third kappa shape index (κ3) is 3.60. The molecule has 0 unspecified atom stereocenters. The SMILES string of the molecule is Cc1nc(C(=O)N2Cc3ccnn3C[C@@H](CNc3ccccn3)C2)cs1. The maximum absolute atomic E-state index is 12.9. The number of aromatic nitrogens is 4. The zero-order valence-corrected chi connectivity index (χ0v) is 15.3. The Labute approximate surface area is 155 Å². The van der Waals surface area contributed by atoms with Crippen molar-refractivity contribution in [3.05, 3.63) is 58.4 Å². The monoisotopic (exact) mass is 368 g/mol. The molecule has 1 aliphatic rings. The van der Waals surface area contributed by atoms with E-state index in [0.29, 0.717) is 18.8 Å². The van der Waals surface area contributed by atoms with E-state index in [2.05, 4.69) is 20.4 Å². The van der Waals surface area contributed by atoms with Crippen molar-refractivity contribution in [2.45, 2.75) is 20.0 Å². The van der Waals surface area contributed by atoms with Crippen molar-refractivity contribution in [1.29, 1.82) is 0 Å². The topological polar surface area (TPSA) is 75.9 Å². The summed E-state index contributed by atoms with van der Waals surface area (Å²) in [6, 6.07) is 7.76. The zero-order chi connectivity index (χ0) is 17.9. The second-order valence-electron chi connectivity index (χ2n) is 6.40. The highest BCUT2D eigenvalue weighted by atomic mass is 32.1. The van der Waals surface area contributed by atoms with Crippen LogP contribution in [-0.4, -0.2) is 43.6 Å². The number of pyridine rings is 1. The van der Waals surface area contributed by atoms with Gasteiger partial charge in [-0.25, -0.2) is 9.97 Å². The summed E-state index contributed by atoms with van der Waals surface area (Å²) in [5, 5.41) is 10.5. The van der Waals surface area contributed by atoms with Crippen molar-refractivity contribution in [1.82, 2.24) is 24.6 Å². The van der Waals surface area contributed by atoms with Gasteiger partial charge < -0.3 is 10.2 Å². The lowest BCUT2D eigenvalue weighted by Crippen LogP contribution is -2.36. The summed E-state index contributed by atoms with van der Waals surface area (Å²) in [5.74, 6) is 1.04. The molecule has 7 nitrogen and oxygen atoms in total. The van der Waals surface area contributed by atoms with Crippen molar-refractivity contribution in [2.75, 3.05) is 18.4 Å². The molecule has 8 heteroatoms. The molecule has 1 N–H and O–H groups in total. The minimum absolute atomic E-state index is 0.0214. The average Bonchev–Trinajstić information content (AvgIpc) is 3.24. The number of aryl methyl sites for hydroxylation is 1. The fourth-order valence-corrected chi connectivity index (χ4v) is 3.74. The van der Waals surface area contributed by atoms with E-state index < -0.39 is 0 Å². The van der Waals surface area contributed by atoms with Crippen molar-refractivity contribution >= 4 is 23.1 Å². The highest BCUT2D eigenvalue weighted by Crippen LogP contribution is 2.19. The Morgan fingerprint density at radius 3 is 3.00 bits per heavy atom. The quantitative estimate of drug-likeness (QED) is 0.765. The first-order chi connectivity index (χ1) is 12.7. The third-order valence-electron chi connectivity index (χ3n) is 4.43. The number of fused-ring (bicyclic) bond motifs is 1. The van der Waals surface area contributed by atoms with Gasteiger partial charge >= 0.3 is 0 Å². The summed E-state index contributed by atoms with van der Waals surface area (Å²) in [7, 11) is 0. The molecule has 134 valence electrons. The van der Waals surface area contributed by atoms with Crippen molar-refractivity contribution in [3.8, 4) is 0 Å². The number of rotatable bonds is 4. The van der Waals surface area contributed by atoms with E-state index in [-0.39, 0.29) is 11.8 Å². The standard InChI is InChI=1S/C18H20N6OS/c1-13-22-16(12-26-13)18(25)23-9-14(8-20-17-4-2-3-6-19-17)10-24-15(11-23)5-7-21-24/h2-7,12,14H,8-11H2,1H3,(H,19,20)/t14-/m0/s1. The van der Waals surface area contributed by atoms with Gasteiger partial charge in [0.2, 0.25) is 0 Å². The smallest absolute Gasteiger partial charge is 0.273 e. The van der Waals surface area contributed by atoms with E-state index in [1.807, 2.05) is 46.2 Å². The number of carbonyl (C=O) groups excluding carboxylic acids is 1. The molecule has 1 atom stereocenters. The van der Waals surface area contributed by atoms with Gasteiger partial charge in [-0.15, -0.1) is 11.3 Å². The van der Waals surface area contributed by atoms with Gasteiger partial charge in [0, 0.05) is 43.3 Å². The lowest BCUT2D eigenvalue weighted by atomic mass is 10.1. The van der Waals surface area contributed by atoms with Crippen LogP contribution in [0, 0.1) is 12.8 Å². The fraction of sp³-hybridized carbons (Fsp3) is 0.333. The number of anilines is 1. The largest absolute Gasteiger partial charge is 0.370 e. The Kier molecular flexibility index (Phi) is 4.66. The van der Waals surface area contributed by atoms with Gasteiger partial charge in [0.15, 0.2) is 0 Å². The summed E-state index contributed by atoms with van der Waals surface area (Å²) >= 11 is 1.50. The molecule has 0 saturated carbocycles. The Hall–Kier alpha value is -2.74. The number of amides is 1. The lowest BCUT2D eigenvalue weighted by molar-refractivity contribution is 0.0719. The maximum atomic E-state index is 12.9. The van der Waals surface area contributed by atoms with Crippen LogP contribution in [0.25, 0.3) is 0 Å². The molecular weight excluding hydrogens is 348 g/mol. The summed E-state index contributed by atoms with van der Waals surface area (Å²) < 4.78 is 1.99. The molecule has 26 heavy (non-hydrogen) atoms. The summed E-state index contributed by atoms with van der Waals surface area (Å²) in [6.45, 7) is 4.60. The van der Waals surface area contributed by atoms with Crippen molar-refractivity contribution < 1.29 is 4.79 Å². The van der Waals surface area contributed by atoms with Crippen LogP contribution in [-0.2, 0) is 13.1 Å². The molecule has 4 heterocycles. The van der Waals surface area contributed by atoms with Gasteiger partial charge in [0.25, 0.3) is 5.91 Å². The first kappa shape index (κ1) is 16.7. The number of thiazole rings is 1. The van der Waals surface area contributed by atoms with E-state index >= 15 is 0 Å². The Balaban J connectivity index is 1.52. The summed E-state index contributed by atoms with van der Waals surface area (Å²) in [6.07, 6.45) is 3.56. The summed E-state index contributed by atoms with van der Waals surface area (Å²) in [5.41, 5.74) is 1.57. The molecule has 0 bridgehead atoms. The maximum Gasteiger partial charge on any atom is 0.273 e. The van der Waals surface area contributed by atoms with Crippen LogP contribution in [0.3, 0.4) is 0 Å².